The zero-order valence-electron chi connectivity index (χ0n) is 12.0. The Labute approximate surface area is 111 Å². The number of methoxy groups -OCH3 is 1. The van der Waals surface area contributed by atoms with Gasteiger partial charge in [0.15, 0.2) is 0 Å². The minimum atomic E-state index is 0.724. The fraction of sp³-hybridized carbons (Fsp3) is 0.625. The fourth-order valence-electron chi connectivity index (χ4n) is 3.26. The molecular formula is C16H25NO. The number of hydrogen-bond donors (Lipinski definition) is 1. The first kappa shape index (κ1) is 13.4. The van der Waals surface area contributed by atoms with Crippen molar-refractivity contribution in [2.75, 3.05) is 14.2 Å². The van der Waals surface area contributed by atoms with Crippen LogP contribution in [0.15, 0.2) is 12.1 Å². The van der Waals surface area contributed by atoms with Gasteiger partial charge in [-0.15, -0.1) is 0 Å². The van der Waals surface area contributed by atoms with Crippen molar-refractivity contribution in [1.29, 1.82) is 0 Å². The van der Waals surface area contributed by atoms with Crippen LogP contribution in [0.5, 0.6) is 5.75 Å². The number of nitrogens with one attached hydrogen (secondary N) is 1. The van der Waals surface area contributed by atoms with E-state index >= 15 is 0 Å². The molecule has 0 aliphatic heterocycles. The van der Waals surface area contributed by atoms with Gasteiger partial charge in [-0.05, 0) is 69.2 Å². The number of rotatable bonds is 3. The predicted molar refractivity (Wildman–Crippen MR) is 76.5 cm³/mol. The highest BCUT2D eigenvalue weighted by atomic mass is 16.5. The van der Waals surface area contributed by atoms with Crippen molar-refractivity contribution in [3.63, 3.8) is 0 Å². The van der Waals surface area contributed by atoms with E-state index in [9.17, 15) is 0 Å². The van der Waals surface area contributed by atoms with Crippen molar-refractivity contribution in [3.05, 3.63) is 28.8 Å². The molecule has 1 aliphatic rings. The van der Waals surface area contributed by atoms with Crippen LogP contribution in [0.25, 0.3) is 0 Å². The first-order chi connectivity index (χ1) is 8.65. The fourth-order valence-corrected chi connectivity index (χ4v) is 3.26. The van der Waals surface area contributed by atoms with Gasteiger partial charge in [-0.25, -0.2) is 0 Å². The molecule has 0 unspecified atom stereocenters. The van der Waals surface area contributed by atoms with E-state index in [0.29, 0.717) is 0 Å². The lowest BCUT2D eigenvalue weighted by Gasteiger charge is -2.29. The lowest BCUT2D eigenvalue weighted by Crippen LogP contribution is -2.29. The molecule has 1 aliphatic carbocycles. The molecule has 0 amide bonds. The first-order valence-corrected chi connectivity index (χ1v) is 6.98. The van der Waals surface area contributed by atoms with Crippen LogP contribution in [-0.2, 0) is 0 Å². The van der Waals surface area contributed by atoms with E-state index in [-0.39, 0.29) is 0 Å². The first-order valence-electron chi connectivity index (χ1n) is 6.98. The summed E-state index contributed by atoms with van der Waals surface area (Å²) in [6.07, 6.45) is 5.20. The minimum Gasteiger partial charge on any atom is -0.496 e. The monoisotopic (exact) mass is 247 g/mol. The van der Waals surface area contributed by atoms with Gasteiger partial charge in [-0.2, -0.15) is 0 Å². The van der Waals surface area contributed by atoms with Gasteiger partial charge in [0.05, 0.1) is 7.11 Å². The van der Waals surface area contributed by atoms with Crippen molar-refractivity contribution < 1.29 is 4.74 Å². The Morgan fingerprint density at radius 2 is 1.61 bits per heavy atom. The molecule has 18 heavy (non-hydrogen) atoms. The predicted octanol–water partition coefficient (Wildman–Crippen LogP) is 3.56. The summed E-state index contributed by atoms with van der Waals surface area (Å²) in [6, 6.07) is 5.36. The molecule has 2 rings (SSSR count). The molecule has 0 radical (unpaired) electrons. The van der Waals surface area contributed by atoms with E-state index in [4.69, 9.17) is 4.74 Å². The third-order valence-corrected chi connectivity index (χ3v) is 4.29. The molecule has 1 aromatic rings. The Balaban J connectivity index is 2.15. The van der Waals surface area contributed by atoms with E-state index in [1.54, 1.807) is 7.11 Å². The lowest BCUT2D eigenvalue weighted by atomic mass is 9.81. The summed E-state index contributed by atoms with van der Waals surface area (Å²) >= 11 is 0. The Morgan fingerprint density at radius 3 is 2.06 bits per heavy atom. The summed E-state index contributed by atoms with van der Waals surface area (Å²) < 4.78 is 5.44. The van der Waals surface area contributed by atoms with Crippen LogP contribution in [0.2, 0.25) is 0 Å². The van der Waals surface area contributed by atoms with Crippen LogP contribution in [0.3, 0.4) is 0 Å². The van der Waals surface area contributed by atoms with Crippen molar-refractivity contribution >= 4 is 0 Å². The average molecular weight is 247 g/mol. The summed E-state index contributed by atoms with van der Waals surface area (Å²) in [5, 5.41) is 3.40. The molecule has 0 saturated heterocycles. The summed E-state index contributed by atoms with van der Waals surface area (Å²) in [6.45, 7) is 4.29. The number of aryl methyl sites for hydroxylation is 2. The summed E-state index contributed by atoms with van der Waals surface area (Å²) in [4.78, 5) is 0. The normalized spacial score (nSPS) is 24.0. The Hall–Kier alpha value is -1.02. The third-order valence-electron chi connectivity index (χ3n) is 4.29. The van der Waals surface area contributed by atoms with Crippen molar-refractivity contribution in [3.8, 4) is 5.75 Å². The minimum absolute atomic E-state index is 0.724. The maximum atomic E-state index is 5.44. The van der Waals surface area contributed by atoms with E-state index in [1.807, 2.05) is 0 Å². The zero-order valence-corrected chi connectivity index (χ0v) is 12.0. The van der Waals surface area contributed by atoms with E-state index < -0.39 is 0 Å². The van der Waals surface area contributed by atoms with Crippen LogP contribution in [0.1, 0.15) is 48.3 Å². The van der Waals surface area contributed by atoms with Gasteiger partial charge in [0.2, 0.25) is 0 Å². The van der Waals surface area contributed by atoms with Crippen molar-refractivity contribution in [2.45, 2.75) is 51.5 Å². The van der Waals surface area contributed by atoms with Gasteiger partial charge in [0, 0.05) is 6.04 Å². The van der Waals surface area contributed by atoms with Gasteiger partial charge in [0.25, 0.3) is 0 Å². The largest absolute Gasteiger partial charge is 0.496 e. The second kappa shape index (κ2) is 5.75. The van der Waals surface area contributed by atoms with Crippen molar-refractivity contribution in [1.82, 2.24) is 5.32 Å². The molecule has 0 spiro atoms. The standard InChI is InChI=1S/C16H25NO/c1-11-9-14(10-12(2)16(11)18-4)13-5-7-15(17-3)8-6-13/h9-10,13,15,17H,5-8H2,1-4H3. The summed E-state index contributed by atoms with van der Waals surface area (Å²) in [7, 11) is 3.83. The maximum Gasteiger partial charge on any atom is 0.124 e. The molecule has 0 bridgehead atoms. The SMILES string of the molecule is CNC1CCC(c2cc(C)c(OC)c(C)c2)CC1. The molecule has 0 aromatic heterocycles. The molecule has 2 nitrogen and oxygen atoms in total. The molecule has 1 N–H and O–H groups in total. The van der Waals surface area contributed by atoms with Crippen molar-refractivity contribution in [2.24, 2.45) is 0 Å². The molecule has 1 fully saturated rings. The van der Waals surface area contributed by atoms with Crippen LogP contribution >= 0.6 is 0 Å². The van der Waals surface area contributed by atoms with E-state index in [2.05, 4.69) is 38.3 Å². The maximum absolute atomic E-state index is 5.44. The smallest absolute Gasteiger partial charge is 0.124 e. The second-order valence-corrected chi connectivity index (χ2v) is 5.53. The molecular weight excluding hydrogens is 222 g/mol. The van der Waals surface area contributed by atoms with Crippen LogP contribution in [0.4, 0.5) is 0 Å². The highest BCUT2D eigenvalue weighted by Gasteiger charge is 2.22. The molecule has 1 aromatic carbocycles. The van der Waals surface area contributed by atoms with E-state index in [0.717, 1.165) is 17.7 Å². The molecule has 100 valence electrons. The van der Waals surface area contributed by atoms with Crippen LogP contribution in [0, 0.1) is 13.8 Å². The number of ether oxygens (including phenoxy) is 1. The van der Waals surface area contributed by atoms with Gasteiger partial charge in [0.1, 0.15) is 5.75 Å². The van der Waals surface area contributed by atoms with Gasteiger partial charge >= 0.3 is 0 Å². The Morgan fingerprint density at radius 1 is 1.06 bits per heavy atom. The Bertz CT molecular complexity index is 383. The molecule has 2 heteroatoms. The topological polar surface area (TPSA) is 21.3 Å². The Kier molecular flexibility index (Phi) is 4.28. The summed E-state index contributed by atoms with van der Waals surface area (Å²) in [5.41, 5.74) is 4.03. The van der Waals surface area contributed by atoms with E-state index in [1.165, 1.54) is 42.4 Å². The van der Waals surface area contributed by atoms with Gasteiger partial charge < -0.3 is 10.1 Å². The quantitative estimate of drug-likeness (QED) is 0.882. The average Bonchev–Trinajstić information content (AvgIpc) is 2.38. The summed E-state index contributed by atoms with van der Waals surface area (Å²) in [5.74, 6) is 1.78. The van der Waals surface area contributed by atoms with Crippen LogP contribution in [-0.4, -0.2) is 20.2 Å². The highest BCUT2D eigenvalue weighted by molar-refractivity contribution is 5.44. The second-order valence-electron chi connectivity index (χ2n) is 5.53. The number of hydrogen-bond acceptors (Lipinski definition) is 2. The number of benzene rings is 1. The lowest BCUT2D eigenvalue weighted by molar-refractivity contribution is 0.358. The molecule has 0 atom stereocenters. The third kappa shape index (κ3) is 2.69. The zero-order chi connectivity index (χ0) is 13.1. The molecule has 0 heterocycles. The highest BCUT2D eigenvalue weighted by Crippen LogP contribution is 2.36. The van der Waals surface area contributed by atoms with Gasteiger partial charge in [-0.3, -0.25) is 0 Å². The van der Waals surface area contributed by atoms with Crippen LogP contribution < -0.4 is 10.1 Å². The molecule has 1 saturated carbocycles. The van der Waals surface area contributed by atoms with Gasteiger partial charge in [-0.1, -0.05) is 12.1 Å².